The Bertz CT molecular complexity index is 1130. The van der Waals surface area contributed by atoms with Crippen LogP contribution in [0.4, 0.5) is 4.39 Å². The van der Waals surface area contributed by atoms with E-state index in [1.54, 1.807) is 31.3 Å². The molecule has 0 aliphatic rings. The molecule has 1 atom stereocenters. The highest BCUT2D eigenvalue weighted by Crippen LogP contribution is 2.30. The molecule has 0 saturated heterocycles. The van der Waals surface area contributed by atoms with Gasteiger partial charge in [0.1, 0.15) is 11.5 Å². The normalized spacial score (nSPS) is 12.2. The van der Waals surface area contributed by atoms with Crippen LogP contribution in [0.15, 0.2) is 36.5 Å². The summed E-state index contributed by atoms with van der Waals surface area (Å²) in [6.07, 6.45) is 3.88. The van der Waals surface area contributed by atoms with E-state index >= 15 is 0 Å². The molecule has 0 radical (unpaired) electrons. The summed E-state index contributed by atoms with van der Waals surface area (Å²) < 4.78 is 20.6. The van der Waals surface area contributed by atoms with Crippen LogP contribution in [0.3, 0.4) is 0 Å². The second-order valence-electron chi connectivity index (χ2n) is 8.37. The molecule has 0 aliphatic carbocycles. The smallest absolute Gasteiger partial charge is 0.303 e. The summed E-state index contributed by atoms with van der Waals surface area (Å²) in [5.74, 6) is -1.56. The topological polar surface area (TPSA) is 81.4 Å². The molecular formula is C25H28ClFN2O4. The van der Waals surface area contributed by atoms with Crippen molar-refractivity contribution in [2.45, 2.75) is 45.6 Å². The third-order valence-corrected chi connectivity index (χ3v) is 5.79. The van der Waals surface area contributed by atoms with Gasteiger partial charge in [0.25, 0.3) is 0 Å². The number of Topliss-reactive ketones (excluding diaryl/α,β-unsaturated/α-hetero) is 1. The number of fused-ring (bicyclic) bond motifs is 1. The van der Waals surface area contributed by atoms with E-state index in [0.717, 1.165) is 24.1 Å². The Labute approximate surface area is 197 Å². The van der Waals surface area contributed by atoms with Crippen molar-refractivity contribution in [2.75, 3.05) is 6.61 Å². The van der Waals surface area contributed by atoms with Crippen LogP contribution in [-0.4, -0.2) is 33.0 Å². The first-order chi connectivity index (χ1) is 15.8. The van der Waals surface area contributed by atoms with E-state index in [1.807, 2.05) is 11.6 Å². The predicted molar refractivity (Wildman–Crippen MR) is 125 cm³/mol. The molecule has 0 amide bonds. The molecule has 1 aromatic carbocycles. The van der Waals surface area contributed by atoms with E-state index in [9.17, 15) is 14.0 Å². The fourth-order valence-corrected chi connectivity index (χ4v) is 4.15. The minimum atomic E-state index is -0.918. The number of pyridine rings is 1. The molecule has 0 unspecified atom stereocenters. The summed E-state index contributed by atoms with van der Waals surface area (Å²) in [6, 6.07) is 7.97. The molecular weight excluding hydrogens is 447 g/mol. The van der Waals surface area contributed by atoms with Gasteiger partial charge in [0.15, 0.2) is 5.78 Å². The maximum atomic E-state index is 13.2. The molecule has 2 aromatic heterocycles. The molecule has 0 saturated carbocycles. The van der Waals surface area contributed by atoms with Crippen LogP contribution < -0.4 is 0 Å². The first-order valence-corrected chi connectivity index (χ1v) is 11.3. The Kier molecular flexibility index (Phi) is 8.58. The van der Waals surface area contributed by atoms with Gasteiger partial charge in [-0.3, -0.25) is 9.59 Å². The number of aryl methyl sites for hydroxylation is 1. The van der Waals surface area contributed by atoms with Crippen molar-refractivity contribution >= 4 is 34.4 Å². The van der Waals surface area contributed by atoms with Gasteiger partial charge in [-0.2, -0.15) is 0 Å². The lowest BCUT2D eigenvalue weighted by Gasteiger charge is -2.11. The molecule has 0 bridgehead atoms. The Morgan fingerprint density at radius 2 is 1.94 bits per heavy atom. The third kappa shape index (κ3) is 6.62. The first kappa shape index (κ1) is 24.9. The van der Waals surface area contributed by atoms with Gasteiger partial charge in [0.2, 0.25) is 0 Å². The lowest BCUT2D eigenvalue weighted by atomic mass is 9.94. The zero-order chi connectivity index (χ0) is 24.0. The van der Waals surface area contributed by atoms with Gasteiger partial charge in [-0.25, -0.2) is 9.37 Å². The Balaban J connectivity index is 1.67. The number of ether oxygens (including phenoxy) is 1. The zero-order valence-electron chi connectivity index (χ0n) is 18.8. The van der Waals surface area contributed by atoms with Crippen molar-refractivity contribution < 1.29 is 23.8 Å². The van der Waals surface area contributed by atoms with Gasteiger partial charge >= 0.3 is 5.97 Å². The van der Waals surface area contributed by atoms with Crippen LogP contribution >= 0.6 is 11.6 Å². The van der Waals surface area contributed by atoms with Crippen molar-refractivity contribution in [2.24, 2.45) is 13.0 Å². The Morgan fingerprint density at radius 3 is 2.64 bits per heavy atom. The summed E-state index contributed by atoms with van der Waals surface area (Å²) in [6.45, 7) is 2.73. The number of carboxylic acid groups (broad SMARTS) is 1. The molecule has 0 spiro atoms. The van der Waals surface area contributed by atoms with E-state index in [2.05, 4.69) is 4.98 Å². The number of carbonyl (C=O) groups is 2. The van der Waals surface area contributed by atoms with Crippen LogP contribution in [0.1, 0.15) is 54.2 Å². The van der Waals surface area contributed by atoms with Crippen LogP contribution in [0, 0.1) is 11.7 Å². The second kappa shape index (κ2) is 11.4. The molecule has 3 rings (SSSR count). The van der Waals surface area contributed by atoms with Crippen molar-refractivity contribution in [3.05, 3.63) is 64.2 Å². The Morgan fingerprint density at radius 1 is 1.21 bits per heavy atom. The fraction of sp³-hybridized carbons (Fsp3) is 0.400. The first-order valence-electron chi connectivity index (χ1n) is 11.0. The predicted octanol–water partition coefficient (Wildman–Crippen LogP) is 5.59. The summed E-state index contributed by atoms with van der Waals surface area (Å²) in [4.78, 5) is 28.6. The summed E-state index contributed by atoms with van der Waals surface area (Å²) in [5, 5.41) is 10.2. The zero-order valence-corrected chi connectivity index (χ0v) is 19.6. The summed E-state index contributed by atoms with van der Waals surface area (Å²) in [7, 11) is 1.88. The maximum absolute atomic E-state index is 13.2. The molecule has 8 heteroatoms. The van der Waals surface area contributed by atoms with Crippen LogP contribution in [0.25, 0.3) is 11.0 Å². The average Bonchev–Trinajstić information content (AvgIpc) is 3.02. The highest BCUT2D eigenvalue weighted by Gasteiger charge is 2.24. The third-order valence-electron chi connectivity index (χ3n) is 5.58. The molecule has 3 aromatic rings. The van der Waals surface area contributed by atoms with E-state index in [1.165, 1.54) is 12.1 Å². The molecule has 0 fully saturated rings. The van der Waals surface area contributed by atoms with E-state index < -0.39 is 5.97 Å². The van der Waals surface area contributed by atoms with E-state index in [0.29, 0.717) is 41.3 Å². The number of benzene rings is 1. The standard InChI is InChI=1S/C25H28ClFN2O4/c1-16(12-23(31)32)11-22(30)24-20-13-18(26)14-28-25(20)29(2)21(24)5-3-4-10-33-15-17-6-8-19(27)9-7-17/h6-9,13-14,16H,3-5,10-12,15H2,1-2H3,(H,31,32)/t16-/m0/s1. The molecule has 0 aliphatic heterocycles. The monoisotopic (exact) mass is 474 g/mol. The van der Waals surface area contributed by atoms with Gasteiger partial charge in [0, 0.05) is 49.3 Å². The minimum Gasteiger partial charge on any atom is -0.481 e. The quantitative estimate of drug-likeness (QED) is 0.273. The minimum absolute atomic E-state index is 0.0593. The summed E-state index contributed by atoms with van der Waals surface area (Å²) >= 11 is 6.15. The fourth-order valence-electron chi connectivity index (χ4n) is 3.99. The molecule has 2 heterocycles. The Hall–Kier alpha value is -2.77. The second-order valence-corrected chi connectivity index (χ2v) is 8.81. The maximum Gasteiger partial charge on any atom is 0.303 e. The van der Waals surface area contributed by atoms with Crippen molar-refractivity contribution in [1.29, 1.82) is 0 Å². The number of ketones is 1. The number of carbonyl (C=O) groups excluding carboxylic acids is 1. The van der Waals surface area contributed by atoms with Crippen LogP contribution in [0.5, 0.6) is 0 Å². The molecule has 176 valence electrons. The van der Waals surface area contributed by atoms with Gasteiger partial charge in [0.05, 0.1) is 11.6 Å². The lowest BCUT2D eigenvalue weighted by Crippen LogP contribution is -2.12. The molecule has 33 heavy (non-hydrogen) atoms. The van der Waals surface area contributed by atoms with Crippen molar-refractivity contribution in [3.8, 4) is 0 Å². The number of hydrogen-bond donors (Lipinski definition) is 1. The van der Waals surface area contributed by atoms with Crippen molar-refractivity contribution in [1.82, 2.24) is 9.55 Å². The lowest BCUT2D eigenvalue weighted by molar-refractivity contribution is -0.137. The van der Waals surface area contributed by atoms with Gasteiger partial charge in [-0.15, -0.1) is 0 Å². The van der Waals surface area contributed by atoms with E-state index in [-0.39, 0.29) is 30.4 Å². The molecule has 1 N–H and O–H groups in total. The summed E-state index contributed by atoms with van der Waals surface area (Å²) in [5.41, 5.74) is 3.03. The van der Waals surface area contributed by atoms with E-state index in [4.69, 9.17) is 21.4 Å². The van der Waals surface area contributed by atoms with Gasteiger partial charge in [-0.05, 0) is 48.9 Å². The number of aliphatic carboxylic acids is 1. The number of rotatable bonds is 12. The SMILES string of the molecule is C[C@H](CC(=O)O)CC(=O)c1c(CCCCOCc2ccc(F)cc2)n(C)c2ncc(Cl)cc12. The van der Waals surface area contributed by atoms with Crippen LogP contribution in [0.2, 0.25) is 5.02 Å². The highest BCUT2D eigenvalue weighted by molar-refractivity contribution is 6.31. The number of unbranched alkanes of at least 4 members (excludes halogenated alkanes) is 1. The van der Waals surface area contributed by atoms with Crippen molar-refractivity contribution in [3.63, 3.8) is 0 Å². The van der Waals surface area contributed by atoms with Gasteiger partial charge in [-0.1, -0.05) is 30.7 Å². The highest BCUT2D eigenvalue weighted by atomic mass is 35.5. The molecule has 6 nitrogen and oxygen atoms in total. The largest absolute Gasteiger partial charge is 0.481 e. The van der Waals surface area contributed by atoms with Gasteiger partial charge < -0.3 is 14.4 Å². The number of nitrogens with zero attached hydrogens (tertiary/aromatic N) is 2. The van der Waals surface area contributed by atoms with Crippen LogP contribution in [-0.2, 0) is 29.6 Å². The number of halogens is 2. The number of hydrogen-bond acceptors (Lipinski definition) is 4. The number of aromatic nitrogens is 2. The number of carboxylic acids is 1. The average molecular weight is 475 g/mol.